The highest BCUT2D eigenvalue weighted by Gasteiger charge is 2.48. The fraction of sp³-hybridized carbons (Fsp3) is 0.467. The van der Waals surface area contributed by atoms with Crippen LogP contribution in [-0.4, -0.2) is 30.2 Å². The maximum Gasteiger partial charge on any atom is 0.307 e. The number of carbonyl (C=O) groups is 2. The lowest BCUT2D eigenvalue weighted by atomic mass is 10.1. The second kappa shape index (κ2) is 5.79. The number of amides is 1. The van der Waals surface area contributed by atoms with Gasteiger partial charge in [-0.3, -0.25) is 9.59 Å². The van der Waals surface area contributed by atoms with Crippen molar-refractivity contribution in [1.82, 2.24) is 5.32 Å². The lowest BCUT2D eigenvalue weighted by Gasteiger charge is -2.22. The fourth-order valence-corrected chi connectivity index (χ4v) is 3.23. The van der Waals surface area contributed by atoms with E-state index in [1.165, 1.54) is 0 Å². The number of hydrogen-bond acceptors (Lipinski definition) is 4. The Labute approximate surface area is 135 Å². The largest absolute Gasteiger partial charge is 0.486 e. The highest BCUT2D eigenvalue weighted by Crippen LogP contribution is 2.40. The van der Waals surface area contributed by atoms with Crippen molar-refractivity contribution in [3.8, 4) is 11.5 Å². The third kappa shape index (κ3) is 2.90. The van der Waals surface area contributed by atoms with E-state index < -0.39 is 17.8 Å². The minimum absolute atomic E-state index is 0.221. The van der Waals surface area contributed by atoms with Crippen LogP contribution in [0.2, 0.25) is 0 Å². The molecule has 0 aromatic heterocycles. The molecule has 1 aliphatic carbocycles. The van der Waals surface area contributed by atoms with Gasteiger partial charge in [0.05, 0.1) is 17.9 Å². The molecule has 1 heterocycles. The molecule has 0 radical (unpaired) electrons. The number of fused-ring (bicyclic) bond motifs is 1. The number of carboxylic acid groups (broad SMARTS) is 1. The van der Waals surface area contributed by atoms with Gasteiger partial charge in [-0.25, -0.2) is 0 Å². The Kier molecular flexibility index (Phi) is 3.99. The zero-order valence-electron chi connectivity index (χ0n) is 12.0. The van der Waals surface area contributed by atoms with E-state index in [2.05, 4.69) is 21.2 Å². The summed E-state index contributed by atoms with van der Waals surface area (Å²) in [5.41, 5.74) is 0.866. The highest BCUT2D eigenvalue weighted by atomic mass is 79.9. The molecule has 1 saturated carbocycles. The molecule has 22 heavy (non-hydrogen) atoms. The second-order valence-corrected chi connectivity index (χ2v) is 6.39. The summed E-state index contributed by atoms with van der Waals surface area (Å²) in [6, 6.07) is 3.40. The van der Waals surface area contributed by atoms with E-state index in [0.29, 0.717) is 31.1 Å². The third-order valence-electron chi connectivity index (χ3n) is 3.93. The van der Waals surface area contributed by atoms with Gasteiger partial charge < -0.3 is 19.9 Å². The van der Waals surface area contributed by atoms with Crippen molar-refractivity contribution in [2.24, 2.45) is 11.8 Å². The second-order valence-electron chi connectivity index (χ2n) is 5.53. The molecular weight excluding hydrogens is 354 g/mol. The molecule has 0 saturated heterocycles. The smallest absolute Gasteiger partial charge is 0.307 e. The molecule has 7 heteroatoms. The SMILES string of the molecule is CC(NC(=O)C1CC1C(=O)O)c1cc2c(cc1Br)OCCO2. The molecule has 118 valence electrons. The quantitative estimate of drug-likeness (QED) is 0.848. The Morgan fingerprint density at radius 3 is 2.50 bits per heavy atom. The fourth-order valence-electron chi connectivity index (χ4n) is 2.57. The molecular formula is C15H16BrNO5. The molecule has 3 atom stereocenters. The first-order valence-corrected chi connectivity index (χ1v) is 7.89. The number of benzene rings is 1. The molecule has 0 spiro atoms. The molecule has 3 rings (SSSR count). The van der Waals surface area contributed by atoms with Crippen LogP contribution in [-0.2, 0) is 9.59 Å². The normalized spacial score (nSPS) is 23.5. The van der Waals surface area contributed by atoms with Crippen molar-refractivity contribution in [2.45, 2.75) is 19.4 Å². The molecule has 1 amide bonds. The first kappa shape index (κ1) is 15.1. The Bertz CT molecular complexity index is 633. The van der Waals surface area contributed by atoms with Crippen LogP contribution in [0.25, 0.3) is 0 Å². The monoisotopic (exact) mass is 369 g/mol. The van der Waals surface area contributed by atoms with Gasteiger partial charge in [0.25, 0.3) is 0 Å². The van der Waals surface area contributed by atoms with E-state index in [4.69, 9.17) is 14.6 Å². The van der Waals surface area contributed by atoms with Crippen LogP contribution in [0.5, 0.6) is 11.5 Å². The van der Waals surface area contributed by atoms with Gasteiger partial charge in [0.15, 0.2) is 11.5 Å². The summed E-state index contributed by atoms with van der Waals surface area (Å²) in [4.78, 5) is 22.9. The maximum absolute atomic E-state index is 12.1. The van der Waals surface area contributed by atoms with Gasteiger partial charge in [0.1, 0.15) is 13.2 Å². The molecule has 3 unspecified atom stereocenters. The standard InChI is InChI=1S/C15H16BrNO5/c1-7(17-14(18)9-4-10(9)15(19)20)8-5-12-13(6-11(8)16)22-3-2-21-12/h5-7,9-10H,2-4H2,1H3,(H,17,18)(H,19,20). The first-order chi connectivity index (χ1) is 10.5. The Hall–Kier alpha value is -1.76. The van der Waals surface area contributed by atoms with Crippen molar-refractivity contribution >= 4 is 27.8 Å². The summed E-state index contributed by atoms with van der Waals surface area (Å²) in [6.07, 6.45) is 0.413. The molecule has 6 nitrogen and oxygen atoms in total. The Morgan fingerprint density at radius 2 is 1.91 bits per heavy atom. The van der Waals surface area contributed by atoms with Crippen LogP contribution < -0.4 is 14.8 Å². The van der Waals surface area contributed by atoms with Crippen LogP contribution in [0.1, 0.15) is 24.9 Å². The lowest BCUT2D eigenvalue weighted by molar-refractivity contribution is -0.140. The summed E-state index contributed by atoms with van der Waals surface area (Å²) in [5, 5.41) is 11.7. The van der Waals surface area contributed by atoms with Crippen molar-refractivity contribution < 1.29 is 24.2 Å². The summed E-state index contributed by atoms with van der Waals surface area (Å²) < 4.78 is 11.9. The highest BCUT2D eigenvalue weighted by molar-refractivity contribution is 9.10. The van der Waals surface area contributed by atoms with E-state index in [0.717, 1.165) is 10.0 Å². The predicted molar refractivity (Wildman–Crippen MR) is 80.9 cm³/mol. The number of nitrogens with one attached hydrogen (secondary N) is 1. The van der Waals surface area contributed by atoms with Gasteiger partial charge in [-0.2, -0.15) is 0 Å². The van der Waals surface area contributed by atoms with Gasteiger partial charge in [-0.05, 0) is 31.0 Å². The van der Waals surface area contributed by atoms with Crippen LogP contribution in [0.3, 0.4) is 0 Å². The van der Waals surface area contributed by atoms with Crippen molar-refractivity contribution in [2.75, 3.05) is 13.2 Å². The molecule has 1 aromatic rings. The molecule has 1 aliphatic heterocycles. The molecule has 2 aliphatic rings. The average molecular weight is 370 g/mol. The van der Waals surface area contributed by atoms with Gasteiger partial charge in [0.2, 0.25) is 5.91 Å². The van der Waals surface area contributed by atoms with E-state index in [-0.39, 0.29) is 11.9 Å². The van der Waals surface area contributed by atoms with Crippen molar-refractivity contribution in [3.63, 3.8) is 0 Å². The van der Waals surface area contributed by atoms with Crippen LogP contribution in [0, 0.1) is 11.8 Å². The molecule has 1 aromatic carbocycles. The molecule has 1 fully saturated rings. The van der Waals surface area contributed by atoms with E-state index in [1.807, 2.05) is 19.1 Å². The number of aliphatic carboxylic acids is 1. The third-order valence-corrected chi connectivity index (χ3v) is 4.62. The van der Waals surface area contributed by atoms with Gasteiger partial charge in [-0.15, -0.1) is 0 Å². The summed E-state index contributed by atoms with van der Waals surface area (Å²) in [5.74, 6) is -0.768. The number of rotatable bonds is 4. The Balaban J connectivity index is 1.71. The van der Waals surface area contributed by atoms with E-state index in [9.17, 15) is 9.59 Å². The number of hydrogen-bond donors (Lipinski definition) is 2. The zero-order chi connectivity index (χ0) is 15.9. The first-order valence-electron chi connectivity index (χ1n) is 7.09. The molecule has 0 bridgehead atoms. The van der Waals surface area contributed by atoms with E-state index in [1.54, 1.807) is 0 Å². The minimum Gasteiger partial charge on any atom is -0.486 e. The topological polar surface area (TPSA) is 84.9 Å². The summed E-state index contributed by atoms with van der Waals surface area (Å²) in [6.45, 7) is 2.87. The summed E-state index contributed by atoms with van der Waals surface area (Å²) in [7, 11) is 0. The average Bonchev–Trinajstić information content (AvgIpc) is 3.27. The van der Waals surface area contributed by atoms with Crippen molar-refractivity contribution in [1.29, 1.82) is 0 Å². The van der Waals surface area contributed by atoms with Crippen LogP contribution in [0.15, 0.2) is 16.6 Å². The van der Waals surface area contributed by atoms with Gasteiger partial charge >= 0.3 is 5.97 Å². The van der Waals surface area contributed by atoms with Crippen LogP contribution >= 0.6 is 15.9 Å². The van der Waals surface area contributed by atoms with Gasteiger partial charge in [-0.1, -0.05) is 15.9 Å². The number of halogens is 1. The Morgan fingerprint density at radius 1 is 1.27 bits per heavy atom. The molecule has 2 N–H and O–H groups in total. The number of carbonyl (C=O) groups excluding carboxylic acids is 1. The predicted octanol–water partition coefficient (Wildman–Crippen LogP) is 2.12. The minimum atomic E-state index is -0.909. The van der Waals surface area contributed by atoms with Crippen LogP contribution in [0.4, 0.5) is 0 Å². The maximum atomic E-state index is 12.1. The number of ether oxygens (including phenoxy) is 2. The van der Waals surface area contributed by atoms with E-state index >= 15 is 0 Å². The van der Waals surface area contributed by atoms with Gasteiger partial charge in [0, 0.05) is 4.47 Å². The zero-order valence-corrected chi connectivity index (χ0v) is 13.6. The number of carboxylic acids is 1. The van der Waals surface area contributed by atoms with Crippen molar-refractivity contribution in [3.05, 3.63) is 22.2 Å². The lowest BCUT2D eigenvalue weighted by Crippen LogP contribution is -2.29. The summed E-state index contributed by atoms with van der Waals surface area (Å²) >= 11 is 3.47.